The molecule has 0 aliphatic carbocycles. The summed E-state index contributed by atoms with van der Waals surface area (Å²) in [5, 5.41) is 0. The molecule has 19 heavy (non-hydrogen) atoms. The average Bonchev–Trinajstić information content (AvgIpc) is 2.62. The third-order valence-electron chi connectivity index (χ3n) is 3.34. The summed E-state index contributed by atoms with van der Waals surface area (Å²) in [5.41, 5.74) is 2.99. The molecule has 1 heterocycles. The van der Waals surface area contributed by atoms with Crippen molar-refractivity contribution in [3.05, 3.63) is 52.2 Å². The smallest absolute Gasteiger partial charge is 0.165 e. The highest BCUT2D eigenvalue weighted by molar-refractivity contribution is 9.09. The largest absolute Gasteiger partial charge is 0.494 e. The van der Waals surface area contributed by atoms with E-state index >= 15 is 0 Å². The fourth-order valence-electron chi connectivity index (χ4n) is 2.19. The van der Waals surface area contributed by atoms with Crippen molar-refractivity contribution in [3.8, 4) is 5.75 Å². The van der Waals surface area contributed by atoms with Crippen LogP contribution < -0.4 is 4.74 Å². The van der Waals surface area contributed by atoms with Gasteiger partial charge in [0.05, 0.1) is 11.9 Å². The Morgan fingerprint density at radius 1 is 1.21 bits per heavy atom. The molecule has 102 valence electrons. The van der Waals surface area contributed by atoms with Crippen LogP contribution in [0.2, 0.25) is 0 Å². The van der Waals surface area contributed by atoms with E-state index in [1.165, 1.54) is 13.2 Å². The third-order valence-corrected chi connectivity index (χ3v) is 4.33. The minimum atomic E-state index is -0.361. The molecule has 2 rings (SSSR count). The zero-order valence-electron chi connectivity index (χ0n) is 11.4. The number of benzene rings is 1. The molecule has 1 unspecified atom stereocenters. The van der Waals surface area contributed by atoms with Gasteiger partial charge in [-0.1, -0.05) is 22.0 Å². The first kappa shape index (κ1) is 14.1. The molecule has 1 atom stereocenters. The van der Waals surface area contributed by atoms with Crippen molar-refractivity contribution in [3.63, 3.8) is 0 Å². The average molecular weight is 327 g/mol. The Kier molecular flexibility index (Phi) is 3.99. The molecule has 0 saturated carbocycles. The van der Waals surface area contributed by atoms with Gasteiger partial charge in [-0.2, -0.15) is 0 Å². The van der Waals surface area contributed by atoms with E-state index in [4.69, 9.17) is 9.15 Å². The highest BCUT2D eigenvalue weighted by Gasteiger charge is 2.21. The van der Waals surface area contributed by atoms with Crippen LogP contribution in [0, 0.1) is 26.6 Å². The van der Waals surface area contributed by atoms with Crippen LogP contribution in [0.25, 0.3) is 0 Å². The van der Waals surface area contributed by atoms with Crippen molar-refractivity contribution in [2.24, 2.45) is 0 Å². The zero-order chi connectivity index (χ0) is 14.2. The quantitative estimate of drug-likeness (QED) is 0.753. The van der Waals surface area contributed by atoms with Crippen molar-refractivity contribution in [1.82, 2.24) is 0 Å². The SMILES string of the molecule is COc1ccc(C(Br)c2c(C)oc(C)c2C)cc1F. The number of ether oxygens (including phenoxy) is 1. The van der Waals surface area contributed by atoms with Gasteiger partial charge < -0.3 is 9.15 Å². The van der Waals surface area contributed by atoms with Crippen molar-refractivity contribution < 1.29 is 13.5 Å². The van der Waals surface area contributed by atoms with Crippen LogP contribution in [0.15, 0.2) is 22.6 Å². The van der Waals surface area contributed by atoms with Gasteiger partial charge in [0.1, 0.15) is 11.5 Å². The number of aryl methyl sites for hydroxylation is 2. The molecule has 1 aromatic heterocycles. The van der Waals surface area contributed by atoms with Crippen LogP contribution in [-0.2, 0) is 0 Å². The molecule has 1 aromatic carbocycles. The van der Waals surface area contributed by atoms with Gasteiger partial charge in [-0.15, -0.1) is 0 Å². The van der Waals surface area contributed by atoms with E-state index in [9.17, 15) is 4.39 Å². The summed E-state index contributed by atoms with van der Waals surface area (Å²) >= 11 is 3.62. The molecular formula is C15H16BrFO2. The second-order valence-corrected chi connectivity index (χ2v) is 5.43. The summed E-state index contributed by atoms with van der Waals surface area (Å²) in [6, 6.07) is 4.97. The van der Waals surface area contributed by atoms with Crippen LogP contribution in [0.5, 0.6) is 5.75 Å². The van der Waals surface area contributed by atoms with E-state index in [1.807, 2.05) is 26.8 Å². The molecule has 0 amide bonds. The number of rotatable bonds is 3. The highest BCUT2D eigenvalue weighted by Crippen LogP contribution is 2.38. The van der Waals surface area contributed by atoms with E-state index in [0.29, 0.717) is 0 Å². The number of alkyl halides is 1. The summed E-state index contributed by atoms with van der Waals surface area (Å²) in [5.74, 6) is 1.64. The van der Waals surface area contributed by atoms with Crippen LogP contribution in [-0.4, -0.2) is 7.11 Å². The third kappa shape index (κ3) is 2.54. The first-order valence-electron chi connectivity index (χ1n) is 5.99. The molecule has 0 aliphatic heterocycles. The molecule has 2 nitrogen and oxygen atoms in total. The minimum absolute atomic E-state index is 0.0923. The standard InChI is InChI=1S/C15H16BrFO2/c1-8-9(2)19-10(3)14(8)15(16)11-5-6-13(18-4)12(17)7-11/h5-7,15H,1-4H3. The maximum atomic E-state index is 13.8. The van der Waals surface area contributed by atoms with Crippen molar-refractivity contribution in [1.29, 1.82) is 0 Å². The lowest BCUT2D eigenvalue weighted by atomic mass is 10.0. The van der Waals surface area contributed by atoms with E-state index in [-0.39, 0.29) is 16.4 Å². The maximum absolute atomic E-state index is 13.8. The number of furan rings is 1. The Hall–Kier alpha value is -1.29. The number of halogens is 2. The van der Waals surface area contributed by atoms with Gasteiger partial charge in [0, 0.05) is 5.56 Å². The van der Waals surface area contributed by atoms with Crippen LogP contribution in [0.4, 0.5) is 4.39 Å². The van der Waals surface area contributed by atoms with Gasteiger partial charge in [0.2, 0.25) is 0 Å². The second-order valence-electron chi connectivity index (χ2n) is 4.51. The maximum Gasteiger partial charge on any atom is 0.165 e. The van der Waals surface area contributed by atoms with Gasteiger partial charge in [-0.25, -0.2) is 4.39 Å². The van der Waals surface area contributed by atoms with Crippen molar-refractivity contribution in [2.45, 2.75) is 25.6 Å². The molecule has 2 aromatic rings. The summed E-state index contributed by atoms with van der Waals surface area (Å²) in [6.07, 6.45) is 0. The molecular weight excluding hydrogens is 311 g/mol. The number of hydrogen-bond donors (Lipinski definition) is 0. The summed E-state index contributed by atoms with van der Waals surface area (Å²) < 4.78 is 24.3. The topological polar surface area (TPSA) is 22.4 Å². The molecule has 0 radical (unpaired) electrons. The lowest BCUT2D eigenvalue weighted by Crippen LogP contribution is -1.97. The van der Waals surface area contributed by atoms with Gasteiger partial charge in [-0.3, -0.25) is 0 Å². The van der Waals surface area contributed by atoms with Crippen LogP contribution >= 0.6 is 15.9 Å². The summed E-state index contributed by atoms with van der Waals surface area (Å²) in [7, 11) is 1.46. The number of hydrogen-bond acceptors (Lipinski definition) is 2. The molecule has 4 heteroatoms. The van der Waals surface area contributed by atoms with Gasteiger partial charge in [0.25, 0.3) is 0 Å². The monoisotopic (exact) mass is 326 g/mol. The molecule has 0 N–H and O–H groups in total. The normalized spacial score (nSPS) is 12.5. The van der Waals surface area contributed by atoms with Gasteiger partial charge in [-0.05, 0) is 44.0 Å². The fraction of sp³-hybridized carbons (Fsp3) is 0.333. The Morgan fingerprint density at radius 2 is 1.89 bits per heavy atom. The number of methoxy groups -OCH3 is 1. The van der Waals surface area contributed by atoms with E-state index in [1.54, 1.807) is 6.07 Å². The van der Waals surface area contributed by atoms with E-state index < -0.39 is 0 Å². The minimum Gasteiger partial charge on any atom is -0.494 e. The van der Waals surface area contributed by atoms with Gasteiger partial charge in [0.15, 0.2) is 11.6 Å². The molecule has 0 bridgehead atoms. The highest BCUT2D eigenvalue weighted by atomic mass is 79.9. The Bertz CT molecular complexity index is 604. The van der Waals surface area contributed by atoms with E-state index in [0.717, 1.165) is 28.2 Å². The predicted octanol–water partition coefficient (Wildman–Crippen LogP) is 4.84. The molecule has 0 saturated heterocycles. The summed E-state index contributed by atoms with van der Waals surface area (Å²) in [4.78, 5) is -0.0923. The Morgan fingerprint density at radius 3 is 2.37 bits per heavy atom. The van der Waals surface area contributed by atoms with E-state index in [2.05, 4.69) is 15.9 Å². The fourth-order valence-corrected chi connectivity index (χ4v) is 3.14. The van der Waals surface area contributed by atoms with Gasteiger partial charge >= 0.3 is 0 Å². The lowest BCUT2D eigenvalue weighted by molar-refractivity contribution is 0.386. The molecule has 0 spiro atoms. The van der Waals surface area contributed by atoms with Crippen molar-refractivity contribution >= 4 is 15.9 Å². The van der Waals surface area contributed by atoms with Crippen LogP contribution in [0.1, 0.15) is 33.0 Å². The lowest BCUT2D eigenvalue weighted by Gasteiger charge is -2.12. The Balaban J connectivity index is 2.44. The second kappa shape index (κ2) is 5.37. The first-order chi connectivity index (χ1) is 8.95. The molecule has 0 fully saturated rings. The predicted molar refractivity (Wildman–Crippen MR) is 76.6 cm³/mol. The summed E-state index contributed by atoms with van der Waals surface area (Å²) in [6.45, 7) is 5.86. The van der Waals surface area contributed by atoms with Crippen molar-refractivity contribution in [2.75, 3.05) is 7.11 Å². The molecule has 0 aliphatic rings. The zero-order valence-corrected chi connectivity index (χ0v) is 13.0. The Labute approximate surface area is 120 Å². The first-order valence-corrected chi connectivity index (χ1v) is 6.91. The van der Waals surface area contributed by atoms with Crippen LogP contribution in [0.3, 0.4) is 0 Å².